The lowest BCUT2D eigenvalue weighted by Gasteiger charge is -2.04. The van der Waals surface area contributed by atoms with Crippen molar-refractivity contribution >= 4 is 5.91 Å². The van der Waals surface area contributed by atoms with Gasteiger partial charge >= 0.3 is 0 Å². The Balaban J connectivity index is 1.81. The molecule has 0 saturated carbocycles. The van der Waals surface area contributed by atoms with Crippen LogP contribution >= 0.6 is 0 Å². The fourth-order valence-corrected chi connectivity index (χ4v) is 2.94. The van der Waals surface area contributed by atoms with Gasteiger partial charge < -0.3 is 10.3 Å². The Morgan fingerprint density at radius 1 is 1.00 bits per heavy atom. The lowest BCUT2D eigenvalue weighted by atomic mass is 10.1. The van der Waals surface area contributed by atoms with Crippen LogP contribution in [0.4, 0.5) is 0 Å². The van der Waals surface area contributed by atoms with E-state index < -0.39 is 0 Å². The minimum Gasteiger partial charge on any atom is -0.356 e. The van der Waals surface area contributed by atoms with Gasteiger partial charge in [0.1, 0.15) is 0 Å². The topological polar surface area (TPSA) is 57.8 Å². The SMILES string of the molecule is CCCCC/C=C\C/C=C\CCCCCCCC(=O)NCCc1cnc[nH]1. The molecule has 0 bridgehead atoms. The molecule has 0 aliphatic carbocycles. The van der Waals surface area contributed by atoms with Crippen LogP contribution in [-0.2, 0) is 11.2 Å². The highest BCUT2D eigenvalue weighted by atomic mass is 16.1. The zero-order chi connectivity index (χ0) is 19.4. The first-order valence-corrected chi connectivity index (χ1v) is 10.9. The van der Waals surface area contributed by atoms with Gasteiger partial charge in [0, 0.05) is 31.3 Å². The van der Waals surface area contributed by atoms with E-state index in [0.29, 0.717) is 13.0 Å². The average Bonchev–Trinajstić information content (AvgIpc) is 3.18. The molecule has 152 valence electrons. The summed E-state index contributed by atoms with van der Waals surface area (Å²) in [4.78, 5) is 18.8. The van der Waals surface area contributed by atoms with Gasteiger partial charge in [-0.1, -0.05) is 63.3 Å². The van der Waals surface area contributed by atoms with Gasteiger partial charge in [0.15, 0.2) is 0 Å². The van der Waals surface area contributed by atoms with Crippen LogP contribution in [-0.4, -0.2) is 22.4 Å². The third kappa shape index (κ3) is 15.0. The van der Waals surface area contributed by atoms with Crippen LogP contribution < -0.4 is 5.32 Å². The number of amides is 1. The second-order valence-electron chi connectivity index (χ2n) is 7.16. The first-order valence-electron chi connectivity index (χ1n) is 10.9. The van der Waals surface area contributed by atoms with Crippen molar-refractivity contribution in [3.63, 3.8) is 0 Å². The number of rotatable bonds is 17. The Morgan fingerprint density at radius 3 is 2.41 bits per heavy atom. The summed E-state index contributed by atoms with van der Waals surface area (Å²) in [5.41, 5.74) is 1.06. The van der Waals surface area contributed by atoms with Gasteiger partial charge in [-0.05, 0) is 38.5 Å². The van der Waals surface area contributed by atoms with Gasteiger partial charge in [-0.2, -0.15) is 0 Å². The van der Waals surface area contributed by atoms with Gasteiger partial charge in [-0.3, -0.25) is 4.79 Å². The Hall–Kier alpha value is -1.84. The molecule has 0 spiro atoms. The molecule has 1 rings (SSSR count). The third-order valence-electron chi connectivity index (χ3n) is 4.63. The van der Waals surface area contributed by atoms with Gasteiger partial charge in [-0.25, -0.2) is 4.98 Å². The third-order valence-corrected chi connectivity index (χ3v) is 4.63. The van der Waals surface area contributed by atoms with Crippen LogP contribution in [0.5, 0.6) is 0 Å². The van der Waals surface area contributed by atoms with Gasteiger partial charge in [-0.15, -0.1) is 0 Å². The molecule has 0 aromatic carbocycles. The molecule has 2 N–H and O–H groups in total. The highest BCUT2D eigenvalue weighted by molar-refractivity contribution is 5.75. The number of hydrogen-bond donors (Lipinski definition) is 2. The lowest BCUT2D eigenvalue weighted by molar-refractivity contribution is -0.121. The summed E-state index contributed by atoms with van der Waals surface area (Å²) in [6, 6.07) is 0. The van der Waals surface area contributed by atoms with Gasteiger partial charge in [0.25, 0.3) is 0 Å². The highest BCUT2D eigenvalue weighted by Crippen LogP contribution is 2.08. The van der Waals surface area contributed by atoms with Crippen LogP contribution in [0, 0.1) is 0 Å². The Morgan fingerprint density at radius 2 is 1.70 bits per heavy atom. The molecule has 0 radical (unpaired) electrons. The van der Waals surface area contributed by atoms with E-state index in [-0.39, 0.29) is 5.91 Å². The molecule has 4 heteroatoms. The monoisotopic (exact) mass is 373 g/mol. The maximum Gasteiger partial charge on any atom is 0.220 e. The number of allylic oxidation sites excluding steroid dienone is 4. The zero-order valence-corrected chi connectivity index (χ0v) is 17.2. The molecule has 0 unspecified atom stereocenters. The fourth-order valence-electron chi connectivity index (χ4n) is 2.94. The summed E-state index contributed by atoms with van der Waals surface area (Å²) in [5.74, 6) is 0.167. The molecule has 0 aliphatic rings. The molecular weight excluding hydrogens is 334 g/mol. The van der Waals surface area contributed by atoms with Crippen molar-refractivity contribution in [2.45, 2.75) is 90.4 Å². The maximum atomic E-state index is 11.8. The van der Waals surface area contributed by atoms with E-state index in [1.54, 1.807) is 12.5 Å². The van der Waals surface area contributed by atoms with Crippen molar-refractivity contribution in [2.75, 3.05) is 6.54 Å². The Bertz CT molecular complexity index is 506. The predicted octanol–water partition coefficient (Wildman–Crippen LogP) is 5.88. The zero-order valence-electron chi connectivity index (χ0n) is 17.2. The van der Waals surface area contributed by atoms with Gasteiger partial charge in [0.05, 0.1) is 6.33 Å². The summed E-state index contributed by atoms with van der Waals surface area (Å²) < 4.78 is 0. The number of unbranched alkanes of at least 4 members (excludes halogenated alkanes) is 8. The number of H-pyrrole nitrogens is 1. The number of aromatic amines is 1. The van der Waals surface area contributed by atoms with Gasteiger partial charge in [0.2, 0.25) is 5.91 Å². The lowest BCUT2D eigenvalue weighted by Crippen LogP contribution is -2.25. The van der Waals surface area contributed by atoms with E-state index in [1.165, 1.54) is 51.4 Å². The van der Waals surface area contributed by atoms with E-state index in [4.69, 9.17) is 0 Å². The molecule has 0 saturated heterocycles. The van der Waals surface area contributed by atoms with Crippen molar-refractivity contribution in [1.82, 2.24) is 15.3 Å². The largest absolute Gasteiger partial charge is 0.356 e. The van der Waals surface area contributed by atoms with E-state index in [1.807, 2.05) is 0 Å². The molecule has 0 fully saturated rings. The smallest absolute Gasteiger partial charge is 0.220 e. The summed E-state index contributed by atoms with van der Waals surface area (Å²) in [6.45, 7) is 2.93. The Kier molecular flexibility index (Phi) is 15.1. The first-order chi connectivity index (χ1) is 13.3. The number of nitrogens with one attached hydrogen (secondary N) is 2. The molecule has 0 aliphatic heterocycles. The van der Waals surface area contributed by atoms with Crippen molar-refractivity contribution < 1.29 is 4.79 Å². The molecule has 1 aromatic rings. The Labute approximate surface area is 165 Å². The number of imidazole rings is 1. The number of aromatic nitrogens is 2. The molecule has 4 nitrogen and oxygen atoms in total. The van der Waals surface area contributed by atoms with E-state index in [9.17, 15) is 4.79 Å². The maximum absolute atomic E-state index is 11.8. The van der Waals surface area contributed by atoms with E-state index >= 15 is 0 Å². The van der Waals surface area contributed by atoms with Crippen LogP contribution in [0.25, 0.3) is 0 Å². The average molecular weight is 374 g/mol. The second-order valence-corrected chi connectivity index (χ2v) is 7.16. The van der Waals surface area contributed by atoms with Crippen molar-refractivity contribution in [3.8, 4) is 0 Å². The van der Waals surface area contributed by atoms with Crippen molar-refractivity contribution in [1.29, 1.82) is 0 Å². The number of carbonyl (C=O) groups is 1. The number of nitrogens with zero attached hydrogens (tertiary/aromatic N) is 1. The second kappa shape index (κ2) is 17.6. The summed E-state index contributed by atoms with van der Waals surface area (Å²) in [5, 5.41) is 2.97. The molecule has 1 amide bonds. The predicted molar refractivity (Wildman–Crippen MR) is 115 cm³/mol. The molecular formula is C23H39N3O. The van der Waals surface area contributed by atoms with E-state index in [2.05, 4.69) is 46.5 Å². The first kappa shape index (κ1) is 23.2. The van der Waals surface area contributed by atoms with Crippen molar-refractivity contribution in [3.05, 3.63) is 42.5 Å². The number of carbonyl (C=O) groups excluding carboxylic acids is 1. The summed E-state index contributed by atoms with van der Waals surface area (Å²) in [6.07, 6.45) is 27.4. The minimum absolute atomic E-state index is 0.167. The molecule has 27 heavy (non-hydrogen) atoms. The van der Waals surface area contributed by atoms with Crippen LogP contribution in [0.1, 0.15) is 89.7 Å². The summed E-state index contributed by atoms with van der Waals surface area (Å²) in [7, 11) is 0. The minimum atomic E-state index is 0.167. The quantitative estimate of drug-likeness (QED) is 0.264. The number of hydrogen-bond acceptors (Lipinski definition) is 2. The fraction of sp³-hybridized carbons (Fsp3) is 0.652. The molecule has 1 heterocycles. The van der Waals surface area contributed by atoms with Crippen molar-refractivity contribution in [2.24, 2.45) is 0 Å². The standard InChI is InChI=1S/C23H39N3O/c1-2-3-4-5-6-7-8-9-10-11-12-13-14-15-16-17-23(27)25-19-18-22-20-24-21-26-22/h6-7,9-10,20-21H,2-5,8,11-19H2,1H3,(H,24,26)(H,25,27)/b7-6-,10-9-. The van der Waals surface area contributed by atoms with Crippen LogP contribution in [0.2, 0.25) is 0 Å². The molecule has 1 aromatic heterocycles. The van der Waals surface area contributed by atoms with Crippen LogP contribution in [0.3, 0.4) is 0 Å². The summed E-state index contributed by atoms with van der Waals surface area (Å²) >= 11 is 0. The van der Waals surface area contributed by atoms with E-state index in [0.717, 1.165) is 31.4 Å². The highest BCUT2D eigenvalue weighted by Gasteiger charge is 2.01. The molecule has 0 atom stereocenters. The normalized spacial score (nSPS) is 11.6. The van der Waals surface area contributed by atoms with Crippen LogP contribution in [0.15, 0.2) is 36.8 Å².